The molecule has 2 aromatic rings. The van der Waals surface area contributed by atoms with E-state index in [1.807, 2.05) is 17.5 Å². The second-order valence-corrected chi connectivity index (χ2v) is 8.03. The van der Waals surface area contributed by atoms with Crippen LogP contribution in [0.5, 0.6) is 0 Å². The standard InChI is InChI=1S/C16H17N3O3S2/c1-19(11-15(20)17-9-8-12-5-4-10-23-12)16-13-6-2-3-7-14(13)24(21,22)18-16/h2-7,10H,8-9,11H2,1H3,(H,17,20). The molecule has 1 aromatic carbocycles. The quantitative estimate of drug-likeness (QED) is 0.873. The van der Waals surface area contributed by atoms with Crippen LogP contribution in [0.4, 0.5) is 0 Å². The van der Waals surface area contributed by atoms with Gasteiger partial charge in [-0.05, 0) is 30.0 Å². The number of nitrogens with one attached hydrogen (secondary N) is 1. The van der Waals surface area contributed by atoms with Crippen molar-refractivity contribution in [3.8, 4) is 0 Å². The fourth-order valence-electron chi connectivity index (χ4n) is 2.49. The van der Waals surface area contributed by atoms with Crippen LogP contribution in [-0.2, 0) is 21.2 Å². The molecule has 0 aliphatic carbocycles. The highest BCUT2D eigenvalue weighted by molar-refractivity contribution is 7.90. The Morgan fingerprint density at radius 1 is 1.25 bits per heavy atom. The van der Waals surface area contributed by atoms with Crippen LogP contribution in [-0.4, -0.2) is 45.2 Å². The summed E-state index contributed by atoms with van der Waals surface area (Å²) in [5.41, 5.74) is 0.534. The Hall–Kier alpha value is -2.19. The Morgan fingerprint density at radius 3 is 2.79 bits per heavy atom. The SMILES string of the molecule is CN(CC(=O)NCCc1cccs1)C1=NS(=O)(=O)c2ccccc21. The van der Waals surface area contributed by atoms with Crippen molar-refractivity contribution >= 4 is 33.1 Å². The normalized spacial score (nSPS) is 14.8. The van der Waals surface area contributed by atoms with E-state index >= 15 is 0 Å². The lowest BCUT2D eigenvalue weighted by Gasteiger charge is -2.18. The zero-order valence-electron chi connectivity index (χ0n) is 13.1. The summed E-state index contributed by atoms with van der Waals surface area (Å²) < 4.78 is 27.9. The fourth-order valence-corrected chi connectivity index (χ4v) is 4.45. The number of amides is 1. The second-order valence-electron chi connectivity index (χ2n) is 5.42. The van der Waals surface area contributed by atoms with E-state index in [2.05, 4.69) is 9.71 Å². The van der Waals surface area contributed by atoms with E-state index in [4.69, 9.17) is 0 Å². The van der Waals surface area contributed by atoms with Crippen molar-refractivity contribution < 1.29 is 13.2 Å². The van der Waals surface area contributed by atoms with E-state index in [1.54, 1.807) is 41.5 Å². The average Bonchev–Trinajstić information content (AvgIpc) is 3.14. The molecule has 6 nitrogen and oxygen atoms in total. The Bertz CT molecular complexity index is 874. The lowest BCUT2D eigenvalue weighted by atomic mass is 10.2. The van der Waals surface area contributed by atoms with E-state index in [0.717, 1.165) is 6.42 Å². The summed E-state index contributed by atoms with van der Waals surface area (Å²) in [6.07, 6.45) is 0.783. The van der Waals surface area contributed by atoms with Gasteiger partial charge in [-0.2, -0.15) is 8.42 Å². The van der Waals surface area contributed by atoms with Gasteiger partial charge >= 0.3 is 0 Å². The van der Waals surface area contributed by atoms with Crippen molar-refractivity contribution in [3.63, 3.8) is 0 Å². The number of sulfonamides is 1. The van der Waals surface area contributed by atoms with Crippen LogP contribution in [0.2, 0.25) is 0 Å². The fraction of sp³-hybridized carbons (Fsp3) is 0.250. The number of likely N-dealkylation sites (N-methyl/N-ethyl adjacent to an activating group) is 1. The van der Waals surface area contributed by atoms with Gasteiger partial charge in [0.2, 0.25) is 5.91 Å². The van der Waals surface area contributed by atoms with Crippen molar-refractivity contribution in [3.05, 3.63) is 52.2 Å². The van der Waals surface area contributed by atoms with E-state index in [1.165, 1.54) is 10.9 Å². The smallest absolute Gasteiger partial charge is 0.285 e. The first-order chi connectivity index (χ1) is 11.5. The van der Waals surface area contributed by atoms with Gasteiger partial charge in [0.1, 0.15) is 4.90 Å². The molecule has 0 saturated carbocycles. The third-order valence-electron chi connectivity index (χ3n) is 3.63. The maximum atomic E-state index is 12.1. The lowest BCUT2D eigenvalue weighted by molar-refractivity contribution is -0.121. The van der Waals surface area contributed by atoms with Crippen LogP contribution in [0, 0.1) is 0 Å². The molecule has 1 aromatic heterocycles. The molecule has 0 fully saturated rings. The van der Waals surface area contributed by atoms with Gasteiger partial charge < -0.3 is 10.2 Å². The molecular formula is C16H17N3O3S2. The number of fused-ring (bicyclic) bond motifs is 1. The lowest BCUT2D eigenvalue weighted by Crippen LogP contribution is -2.39. The second kappa shape index (κ2) is 6.74. The Kier molecular flexibility index (Phi) is 4.68. The largest absolute Gasteiger partial charge is 0.354 e. The molecule has 0 bridgehead atoms. The molecule has 0 spiro atoms. The van der Waals surface area contributed by atoms with Crippen LogP contribution in [0.1, 0.15) is 10.4 Å². The number of carbonyl (C=O) groups excluding carboxylic acids is 1. The van der Waals surface area contributed by atoms with Crippen molar-refractivity contribution in [2.45, 2.75) is 11.3 Å². The molecule has 1 aliphatic heterocycles. The molecule has 8 heteroatoms. The number of hydrogen-bond donors (Lipinski definition) is 1. The molecule has 24 heavy (non-hydrogen) atoms. The third-order valence-corrected chi connectivity index (χ3v) is 5.89. The molecule has 3 rings (SSSR count). The molecule has 1 amide bonds. The molecular weight excluding hydrogens is 346 g/mol. The Balaban J connectivity index is 1.61. The maximum absolute atomic E-state index is 12.1. The summed E-state index contributed by atoms with van der Waals surface area (Å²) in [5.74, 6) is 0.137. The number of amidine groups is 1. The summed E-state index contributed by atoms with van der Waals surface area (Å²) in [7, 11) is -2.00. The molecule has 0 radical (unpaired) electrons. The molecule has 2 heterocycles. The summed E-state index contributed by atoms with van der Waals surface area (Å²) in [6.45, 7) is 0.599. The van der Waals surface area contributed by atoms with Gasteiger partial charge in [-0.15, -0.1) is 15.7 Å². The number of rotatable bonds is 5. The van der Waals surface area contributed by atoms with Crippen LogP contribution < -0.4 is 5.32 Å². The first-order valence-electron chi connectivity index (χ1n) is 7.42. The highest BCUT2D eigenvalue weighted by atomic mass is 32.2. The molecule has 126 valence electrons. The van der Waals surface area contributed by atoms with Crippen molar-refractivity contribution in [2.75, 3.05) is 20.1 Å². The van der Waals surface area contributed by atoms with Gasteiger partial charge in [-0.25, -0.2) is 0 Å². The third kappa shape index (κ3) is 3.49. The van der Waals surface area contributed by atoms with Gasteiger partial charge in [0, 0.05) is 24.0 Å². The maximum Gasteiger partial charge on any atom is 0.285 e. The minimum Gasteiger partial charge on any atom is -0.354 e. The first-order valence-corrected chi connectivity index (χ1v) is 9.74. The summed E-state index contributed by atoms with van der Waals surface area (Å²) in [4.78, 5) is 15.0. The predicted molar refractivity (Wildman–Crippen MR) is 93.8 cm³/mol. The topological polar surface area (TPSA) is 78.8 Å². The van der Waals surface area contributed by atoms with E-state index < -0.39 is 10.0 Å². The van der Waals surface area contributed by atoms with Gasteiger partial charge in [0.15, 0.2) is 5.84 Å². The average molecular weight is 363 g/mol. The minimum absolute atomic E-state index is 0.0487. The molecule has 0 unspecified atom stereocenters. The number of carbonyl (C=O) groups is 1. The highest BCUT2D eigenvalue weighted by Crippen LogP contribution is 2.26. The number of hydrogen-bond acceptors (Lipinski definition) is 5. The van der Waals surface area contributed by atoms with Crippen molar-refractivity contribution in [1.29, 1.82) is 0 Å². The summed E-state index contributed by atoms with van der Waals surface area (Å²) in [5, 5.41) is 4.84. The van der Waals surface area contributed by atoms with Gasteiger partial charge in [0.25, 0.3) is 10.0 Å². The van der Waals surface area contributed by atoms with Crippen LogP contribution in [0.15, 0.2) is 51.1 Å². The number of thiophene rings is 1. The zero-order valence-corrected chi connectivity index (χ0v) is 14.7. The van der Waals surface area contributed by atoms with Crippen LogP contribution in [0.3, 0.4) is 0 Å². The molecule has 0 atom stereocenters. The highest BCUT2D eigenvalue weighted by Gasteiger charge is 2.30. The summed E-state index contributed by atoms with van der Waals surface area (Å²) >= 11 is 1.65. The van der Waals surface area contributed by atoms with Gasteiger partial charge in [0.05, 0.1) is 6.54 Å². The van der Waals surface area contributed by atoms with Crippen molar-refractivity contribution in [1.82, 2.24) is 10.2 Å². The number of benzene rings is 1. The monoisotopic (exact) mass is 363 g/mol. The number of nitrogens with zero attached hydrogens (tertiary/aromatic N) is 2. The van der Waals surface area contributed by atoms with Crippen LogP contribution >= 0.6 is 11.3 Å². The van der Waals surface area contributed by atoms with Crippen LogP contribution in [0.25, 0.3) is 0 Å². The van der Waals surface area contributed by atoms with Gasteiger partial charge in [-0.1, -0.05) is 18.2 Å². The first kappa shape index (κ1) is 16.7. The van der Waals surface area contributed by atoms with E-state index in [0.29, 0.717) is 17.9 Å². The van der Waals surface area contributed by atoms with Gasteiger partial charge in [-0.3, -0.25) is 4.79 Å². The van der Waals surface area contributed by atoms with Crippen molar-refractivity contribution in [2.24, 2.45) is 4.40 Å². The molecule has 0 saturated heterocycles. The Labute approximate surface area is 144 Å². The molecule has 1 N–H and O–H groups in total. The summed E-state index contributed by atoms with van der Waals surface area (Å²) in [6, 6.07) is 10.6. The molecule has 1 aliphatic rings. The zero-order chi connectivity index (χ0) is 17.2. The predicted octanol–water partition coefficient (Wildman–Crippen LogP) is 1.49. The minimum atomic E-state index is -3.67. The van der Waals surface area contributed by atoms with E-state index in [9.17, 15) is 13.2 Å². The Morgan fingerprint density at radius 2 is 2.04 bits per heavy atom. The van der Waals surface area contributed by atoms with E-state index in [-0.39, 0.29) is 17.3 Å².